The molecule has 1 atom stereocenters. The number of nitrogens with zero attached hydrogens (tertiary/aromatic N) is 1. The van der Waals surface area contributed by atoms with Gasteiger partial charge >= 0.3 is 5.97 Å². The van der Waals surface area contributed by atoms with Crippen LogP contribution in [0.3, 0.4) is 0 Å². The Bertz CT molecular complexity index is 604. The Kier molecular flexibility index (Phi) is 5.32. The van der Waals surface area contributed by atoms with Crippen LogP contribution in [0.25, 0.3) is 0 Å². The van der Waals surface area contributed by atoms with Gasteiger partial charge in [-0.3, -0.25) is 4.79 Å². The molecule has 1 aromatic heterocycles. The van der Waals surface area contributed by atoms with Gasteiger partial charge in [-0.2, -0.15) is 4.72 Å². The highest BCUT2D eigenvalue weighted by Crippen LogP contribution is 2.21. The lowest BCUT2D eigenvalue weighted by molar-refractivity contribution is -0.139. The Morgan fingerprint density at radius 1 is 1.55 bits per heavy atom. The molecule has 0 spiro atoms. The largest absolute Gasteiger partial charge is 0.480 e. The number of hydrogen-bond donors (Lipinski definition) is 3. The maximum absolute atomic E-state index is 12.1. The molecule has 0 saturated carbocycles. The van der Waals surface area contributed by atoms with Gasteiger partial charge in [0.25, 0.3) is 0 Å². The molecule has 9 heteroatoms. The van der Waals surface area contributed by atoms with Crippen molar-refractivity contribution in [2.75, 3.05) is 5.73 Å². The van der Waals surface area contributed by atoms with Crippen molar-refractivity contribution in [3.63, 3.8) is 0 Å². The summed E-state index contributed by atoms with van der Waals surface area (Å²) in [6.07, 6.45) is 1.36. The average molecular weight is 322 g/mol. The van der Waals surface area contributed by atoms with E-state index in [2.05, 4.69) is 9.71 Å². The molecular formula is C11H16ClN3O4S. The topological polar surface area (TPSA) is 122 Å². The third kappa shape index (κ3) is 4.32. The number of sulfonamides is 1. The highest BCUT2D eigenvalue weighted by atomic mass is 35.5. The van der Waals surface area contributed by atoms with Crippen LogP contribution >= 0.6 is 11.6 Å². The number of nitrogens with two attached hydrogens (primary N) is 1. The molecule has 0 fully saturated rings. The van der Waals surface area contributed by atoms with Gasteiger partial charge in [-0.1, -0.05) is 25.4 Å². The second-order valence-corrected chi connectivity index (χ2v) is 6.80. The summed E-state index contributed by atoms with van der Waals surface area (Å²) in [6, 6.07) is -0.112. The molecule has 112 valence electrons. The summed E-state index contributed by atoms with van der Waals surface area (Å²) in [5.41, 5.74) is 5.49. The van der Waals surface area contributed by atoms with Crippen LogP contribution in [0.15, 0.2) is 17.2 Å². The van der Waals surface area contributed by atoms with E-state index >= 15 is 0 Å². The van der Waals surface area contributed by atoms with Crippen molar-refractivity contribution in [3.8, 4) is 0 Å². The molecule has 0 amide bonds. The van der Waals surface area contributed by atoms with Crippen molar-refractivity contribution in [2.45, 2.75) is 31.2 Å². The fourth-order valence-electron chi connectivity index (χ4n) is 1.57. The van der Waals surface area contributed by atoms with E-state index in [0.717, 1.165) is 6.07 Å². The molecule has 0 saturated heterocycles. The Morgan fingerprint density at radius 3 is 2.65 bits per heavy atom. The predicted molar refractivity (Wildman–Crippen MR) is 74.9 cm³/mol. The third-order valence-corrected chi connectivity index (χ3v) is 4.15. The quantitative estimate of drug-likeness (QED) is 0.721. The first-order valence-electron chi connectivity index (χ1n) is 5.79. The SMILES string of the molecule is CC(C)C[C@@H](NS(=O)(=O)c1cc(Cl)cnc1N)C(=O)O. The van der Waals surface area contributed by atoms with Crippen LogP contribution < -0.4 is 10.5 Å². The zero-order chi connectivity index (χ0) is 15.5. The molecule has 4 N–H and O–H groups in total. The van der Waals surface area contributed by atoms with Crippen molar-refractivity contribution in [1.29, 1.82) is 0 Å². The lowest BCUT2D eigenvalue weighted by atomic mass is 10.1. The average Bonchev–Trinajstić information content (AvgIpc) is 2.30. The van der Waals surface area contributed by atoms with Gasteiger partial charge in [0.2, 0.25) is 10.0 Å². The summed E-state index contributed by atoms with van der Waals surface area (Å²) in [5, 5.41) is 9.15. The number of nitrogens with one attached hydrogen (secondary N) is 1. The zero-order valence-electron chi connectivity index (χ0n) is 11.0. The summed E-state index contributed by atoms with van der Waals surface area (Å²) in [7, 11) is -4.11. The number of nitrogen functional groups attached to an aromatic ring is 1. The molecule has 0 radical (unpaired) electrons. The van der Waals surface area contributed by atoms with Gasteiger partial charge in [-0.05, 0) is 18.4 Å². The molecule has 0 aliphatic rings. The van der Waals surface area contributed by atoms with Crippen molar-refractivity contribution in [1.82, 2.24) is 9.71 Å². The van der Waals surface area contributed by atoms with Crippen molar-refractivity contribution in [2.24, 2.45) is 5.92 Å². The molecule has 1 aromatic rings. The van der Waals surface area contributed by atoms with E-state index in [4.69, 9.17) is 22.4 Å². The Hall–Kier alpha value is -1.38. The summed E-state index contributed by atoms with van der Waals surface area (Å²) in [4.78, 5) is 14.4. The molecule has 0 aromatic carbocycles. The smallest absolute Gasteiger partial charge is 0.321 e. The van der Waals surface area contributed by atoms with Crippen LogP contribution in [0.2, 0.25) is 5.02 Å². The first-order chi connectivity index (χ1) is 9.13. The Labute approximate surface area is 122 Å². The van der Waals surface area contributed by atoms with Gasteiger partial charge in [0.15, 0.2) is 0 Å². The lowest BCUT2D eigenvalue weighted by Crippen LogP contribution is -2.41. The van der Waals surface area contributed by atoms with Gasteiger partial charge in [-0.25, -0.2) is 13.4 Å². The van der Waals surface area contributed by atoms with E-state index in [1.165, 1.54) is 6.20 Å². The number of carbonyl (C=O) groups is 1. The molecular weight excluding hydrogens is 306 g/mol. The van der Waals surface area contributed by atoms with E-state index in [9.17, 15) is 13.2 Å². The summed E-state index contributed by atoms with van der Waals surface area (Å²) in [6.45, 7) is 3.58. The highest BCUT2D eigenvalue weighted by Gasteiger charge is 2.28. The maximum Gasteiger partial charge on any atom is 0.321 e. The van der Waals surface area contributed by atoms with Gasteiger partial charge in [-0.15, -0.1) is 0 Å². The number of carboxylic acids is 1. The standard InChI is InChI=1S/C11H16ClN3O4S/c1-6(2)3-8(11(16)17)15-20(18,19)9-4-7(12)5-14-10(9)13/h4-6,8,15H,3H2,1-2H3,(H2,13,14)(H,16,17)/t8-/m1/s1. The summed E-state index contributed by atoms with van der Waals surface area (Å²) < 4.78 is 26.4. The van der Waals surface area contributed by atoms with Crippen molar-refractivity contribution in [3.05, 3.63) is 17.3 Å². The summed E-state index contributed by atoms with van der Waals surface area (Å²) in [5.74, 6) is -1.49. The van der Waals surface area contributed by atoms with Crippen LogP contribution in [0, 0.1) is 5.92 Å². The number of rotatable bonds is 6. The first kappa shape index (κ1) is 16.7. The molecule has 1 heterocycles. The number of pyridine rings is 1. The minimum absolute atomic E-state index is 0.00799. The van der Waals surface area contributed by atoms with E-state index < -0.39 is 22.0 Å². The molecule has 0 unspecified atom stereocenters. The van der Waals surface area contributed by atoms with Crippen LogP contribution in [0.1, 0.15) is 20.3 Å². The lowest BCUT2D eigenvalue weighted by Gasteiger charge is -2.17. The van der Waals surface area contributed by atoms with Gasteiger partial charge in [0.1, 0.15) is 16.8 Å². The normalized spacial score (nSPS) is 13.4. The van der Waals surface area contributed by atoms with Crippen molar-refractivity contribution < 1.29 is 18.3 Å². The monoisotopic (exact) mass is 321 g/mol. The predicted octanol–water partition coefficient (Wildman–Crippen LogP) is 1.09. The fraction of sp³-hybridized carbons (Fsp3) is 0.455. The van der Waals surface area contributed by atoms with E-state index in [-0.39, 0.29) is 28.1 Å². The molecule has 0 aliphatic carbocycles. The molecule has 0 bridgehead atoms. The van der Waals surface area contributed by atoms with Crippen LogP contribution in [-0.4, -0.2) is 30.5 Å². The third-order valence-electron chi connectivity index (χ3n) is 2.44. The molecule has 7 nitrogen and oxygen atoms in total. The van der Waals surface area contributed by atoms with Crippen molar-refractivity contribution >= 4 is 33.4 Å². The van der Waals surface area contributed by atoms with Crippen LogP contribution in [0.4, 0.5) is 5.82 Å². The number of halogens is 1. The number of aromatic nitrogens is 1. The van der Waals surface area contributed by atoms with Gasteiger partial charge < -0.3 is 10.8 Å². The van der Waals surface area contributed by atoms with Crippen LogP contribution in [-0.2, 0) is 14.8 Å². The Morgan fingerprint density at radius 2 is 2.15 bits per heavy atom. The molecule has 20 heavy (non-hydrogen) atoms. The number of aliphatic carboxylic acids is 1. The number of carboxylic acid groups (broad SMARTS) is 1. The van der Waals surface area contributed by atoms with E-state index in [1.54, 1.807) is 13.8 Å². The molecule has 1 rings (SSSR count). The molecule has 0 aliphatic heterocycles. The van der Waals surface area contributed by atoms with E-state index in [1.807, 2.05) is 0 Å². The van der Waals surface area contributed by atoms with Gasteiger partial charge in [0.05, 0.1) is 5.02 Å². The fourth-order valence-corrected chi connectivity index (χ4v) is 3.10. The first-order valence-corrected chi connectivity index (χ1v) is 7.65. The second kappa shape index (κ2) is 6.38. The number of anilines is 1. The summed E-state index contributed by atoms with van der Waals surface area (Å²) >= 11 is 5.68. The maximum atomic E-state index is 12.1. The minimum Gasteiger partial charge on any atom is -0.480 e. The highest BCUT2D eigenvalue weighted by molar-refractivity contribution is 7.89. The van der Waals surface area contributed by atoms with Gasteiger partial charge in [0, 0.05) is 6.20 Å². The second-order valence-electron chi connectivity index (χ2n) is 4.68. The zero-order valence-corrected chi connectivity index (χ0v) is 12.6. The number of hydrogen-bond acceptors (Lipinski definition) is 5. The minimum atomic E-state index is -4.11. The Balaban J connectivity index is 3.09. The van der Waals surface area contributed by atoms with E-state index in [0.29, 0.717) is 0 Å². The van der Waals surface area contributed by atoms with Crippen LogP contribution in [0.5, 0.6) is 0 Å².